The van der Waals surface area contributed by atoms with Gasteiger partial charge in [-0.3, -0.25) is 14.7 Å². The van der Waals surface area contributed by atoms with Crippen LogP contribution in [0.4, 0.5) is 4.79 Å². The van der Waals surface area contributed by atoms with Crippen molar-refractivity contribution in [1.82, 2.24) is 24.6 Å². The van der Waals surface area contributed by atoms with Gasteiger partial charge in [-0.05, 0) is 24.5 Å². The Morgan fingerprint density at radius 3 is 2.65 bits per heavy atom. The van der Waals surface area contributed by atoms with Gasteiger partial charge in [-0.2, -0.15) is 0 Å². The molecule has 3 aliphatic rings. The number of urea groups is 1. The molecule has 0 aliphatic carbocycles. The van der Waals surface area contributed by atoms with Crippen LogP contribution in [0.3, 0.4) is 0 Å². The van der Waals surface area contributed by atoms with Gasteiger partial charge in [0.05, 0.1) is 6.04 Å². The molecule has 1 aromatic heterocycles. The third-order valence-electron chi connectivity index (χ3n) is 5.98. The molecular formula is C19H27N5O2. The lowest BCUT2D eigenvalue weighted by molar-refractivity contribution is -0.130. The first kappa shape index (κ1) is 17.3. The number of aromatic nitrogens is 1. The SMILES string of the molecule is CC(=O)N1CCC(N2CCN3C(=O)N(Cc4cccnc4)CC3C2)CC1. The van der Waals surface area contributed by atoms with E-state index < -0.39 is 0 Å². The number of pyridine rings is 1. The van der Waals surface area contributed by atoms with Crippen LogP contribution in [-0.2, 0) is 11.3 Å². The first-order valence-electron chi connectivity index (χ1n) is 9.56. The third-order valence-corrected chi connectivity index (χ3v) is 5.98. The Bertz CT molecular complexity index is 659. The van der Waals surface area contributed by atoms with Crippen molar-refractivity contribution in [3.8, 4) is 0 Å². The smallest absolute Gasteiger partial charge is 0.320 e. The standard InChI is InChI=1S/C19H27N5O2/c1-15(25)21-7-4-17(5-8-21)22-9-10-24-18(13-22)14-23(19(24)26)12-16-3-2-6-20-11-16/h2-3,6,11,17-18H,4-5,7-10,12-14H2,1H3. The number of rotatable bonds is 3. The minimum Gasteiger partial charge on any atom is -0.343 e. The van der Waals surface area contributed by atoms with E-state index in [1.54, 1.807) is 13.1 Å². The highest BCUT2D eigenvalue weighted by atomic mass is 16.2. The van der Waals surface area contributed by atoms with E-state index >= 15 is 0 Å². The maximum atomic E-state index is 12.7. The summed E-state index contributed by atoms with van der Waals surface area (Å²) in [6, 6.07) is 4.91. The van der Waals surface area contributed by atoms with E-state index in [0.717, 1.165) is 57.7 Å². The lowest BCUT2D eigenvalue weighted by Gasteiger charge is -2.43. The number of amides is 3. The lowest BCUT2D eigenvalue weighted by Crippen LogP contribution is -2.57. The summed E-state index contributed by atoms with van der Waals surface area (Å²) < 4.78 is 0. The van der Waals surface area contributed by atoms with Crippen LogP contribution < -0.4 is 0 Å². The minimum atomic E-state index is 0.157. The van der Waals surface area contributed by atoms with Gasteiger partial charge in [-0.25, -0.2) is 4.79 Å². The van der Waals surface area contributed by atoms with E-state index in [1.165, 1.54) is 0 Å². The molecule has 26 heavy (non-hydrogen) atoms. The first-order chi connectivity index (χ1) is 12.6. The van der Waals surface area contributed by atoms with Crippen molar-refractivity contribution in [3.05, 3.63) is 30.1 Å². The Morgan fingerprint density at radius 1 is 1.15 bits per heavy atom. The predicted molar refractivity (Wildman–Crippen MR) is 97.4 cm³/mol. The van der Waals surface area contributed by atoms with E-state index in [9.17, 15) is 9.59 Å². The van der Waals surface area contributed by atoms with Crippen molar-refractivity contribution in [2.24, 2.45) is 0 Å². The summed E-state index contributed by atoms with van der Waals surface area (Å²) in [6.45, 7) is 7.48. The van der Waals surface area contributed by atoms with E-state index in [-0.39, 0.29) is 18.0 Å². The topological polar surface area (TPSA) is 60.0 Å². The normalized spacial score (nSPS) is 24.9. The number of likely N-dealkylation sites (tertiary alicyclic amines) is 1. The van der Waals surface area contributed by atoms with Gasteiger partial charge in [0.1, 0.15) is 0 Å². The predicted octanol–water partition coefficient (Wildman–Crippen LogP) is 1.01. The van der Waals surface area contributed by atoms with Crippen LogP contribution in [0.1, 0.15) is 25.3 Å². The van der Waals surface area contributed by atoms with Crippen LogP contribution in [0, 0.1) is 0 Å². The molecule has 3 amide bonds. The molecule has 140 valence electrons. The van der Waals surface area contributed by atoms with E-state index in [0.29, 0.717) is 12.6 Å². The number of piperazine rings is 1. The number of piperidine rings is 1. The zero-order valence-electron chi connectivity index (χ0n) is 15.4. The van der Waals surface area contributed by atoms with Crippen LogP contribution in [0.5, 0.6) is 0 Å². The molecule has 3 saturated heterocycles. The van der Waals surface area contributed by atoms with Crippen LogP contribution in [0.15, 0.2) is 24.5 Å². The molecule has 0 N–H and O–H groups in total. The molecule has 1 aromatic rings. The number of carbonyl (C=O) groups is 2. The average Bonchev–Trinajstić information content (AvgIpc) is 2.97. The second-order valence-electron chi connectivity index (χ2n) is 7.60. The lowest BCUT2D eigenvalue weighted by atomic mass is 10.0. The molecule has 0 saturated carbocycles. The zero-order chi connectivity index (χ0) is 18.1. The molecule has 7 heteroatoms. The Balaban J connectivity index is 1.34. The summed E-state index contributed by atoms with van der Waals surface area (Å²) in [6.07, 6.45) is 5.67. The summed E-state index contributed by atoms with van der Waals surface area (Å²) in [5, 5.41) is 0. The first-order valence-corrected chi connectivity index (χ1v) is 9.56. The highest BCUT2D eigenvalue weighted by Gasteiger charge is 2.42. The fraction of sp³-hybridized carbons (Fsp3) is 0.632. The van der Waals surface area contributed by atoms with Crippen molar-refractivity contribution >= 4 is 11.9 Å². The average molecular weight is 357 g/mol. The fourth-order valence-electron chi connectivity index (χ4n) is 4.52. The number of hydrogen-bond donors (Lipinski definition) is 0. The van der Waals surface area contributed by atoms with Crippen molar-refractivity contribution in [3.63, 3.8) is 0 Å². The largest absolute Gasteiger partial charge is 0.343 e. The van der Waals surface area contributed by atoms with Crippen molar-refractivity contribution in [2.45, 2.75) is 38.4 Å². The second kappa shape index (κ2) is 7.23. The van der Waals surface area contributed by atoms with Crippen LogP contribution in [-0.4, -0.2) is 87.9 Å². The van der Waals surface area contributed by atoms with Gasteiger partial charge < -0.3 is 14.7 Å². The van der Waals surface area contributed by atoms with Gasteiger partial charge in [0.2, 0.25) is 5.91 Å². The quantitative estimate of drug-likeness (QED) is 0.810. The van der Waals surface area contributed by atoms with Crippen molar-refractivity contribution < 1.29 is 9.59 Å². The molecule has 3 aliphatic heterocycles. The number of fused-ring (bicyclic) bond motifs is 1. The molecule has 0 bridgehead atoms. The molecule has 4 heterocycles. The van der Waals surface area contributed by atoms with Gasteiger partial charge in [0.25, 0.3) is 0 Å². The Hall–Kier alpha value is -2.15. The molecule has 1 atom stereocenters. The third kappa shape index (κ3) is 3.40. The maximum absolute atomic E-state index is 12.7. The molecular weight excluding hydrogens is 330 g/mol. The summed E-state index contributed by atoms with van der Waals surface area (Å²) in [5.74, 6) is 0.181. The summed E-state index contributed by atoms with van der Waals surface area (Å²) in [5.41, 5.74) is 1.08. The van der Waals surface area contributed by atoms with Gasteiger partial charge in [0.15, 0.2) is 0 Å². The van der Waals surface area contributed by atoms with E-state index in [2.05, 4.69) is 9.88 Å². The molecule has 7 nitrogen and oxygen atoms in total. The minimum absolute atomic E-state index is 0.157. The highest BCUT2D eigenvalue weighted by molar-refractivity contribution is 5.77. The van der Waals surface area contributed by atoms with Gasteiger partial charge in [0, 0.05) is 71.2 Å². The monoisotopic (exact) mass is 357 g/mol. The molecule has 0 aromatic carbocycles. The van der Waals surface area contributed by atoms with Crippen molar-refractivity contribution in [2.75, 3.05) is 39.3 Å². The van der Waals surface area contributed by atoms with Gasteiger partial charge in [-0.1, -0.05) is 6.07 Å². The highest BCUT2D eigenvalue weighted by Crippen LogP contribution is 2.26. The second-order valence-corrected chi connectivity index (χ2v) is 7.60. The molecule has 1 unspecified atom stereocenters. The zero-order valence-corrected chi connectivity index (χ0v) is 15.4. The van der Waals surface area contributed by atoms with E-state index in [1.807, 2.05) is 33.0 Å². The summed E-state index contributed by atoms with van der Waals surface area (Å²) >= 11 is 0. The van der Waals surface area contributed by atoms with Crippen LogP contribution in [0.2, 0.25) is 0 Å². The van der Waals surface area contributed by atoms with Gasteiger partial charge in [-0.15, -0.1) is 0 Å². The number of hydrogen-bond acceptors (Lipinski definition) is 4. The summed E-state index contributed by atoms with van der Waals surface area (Å²) in [7, 11) is 0. The Labute approximate surface area is 154 Å². The number of carbonyl (C=O) groups excluding carboxylic acids is 2. The number of nitrogens with zero attached hydrogens (tertiary/aromatic N) is 5. The van der Waals surface area contributed by atoms with Gasteiger partial charge >= 0.3 is 6.03 Å². The van der Waals surface area contributed by atoms with E-state index in [4.69, 9.17) is 0 Å². The Kier molecular flexibility index (Phi) is 4.80. The molecule has 4 rings (SSSR count). The maximum Gasteiger partial charge on any atom is 0.320 e. The van der Waals surface area contributed by atoms with Crippen LogP contribution >= 0.6 is 0 Å². The molecule has 0 radical (unpaired) electrons. The fourth-order valence-corrected chi connectivity index (χ4v) is 4.52. The molecule has 0 spiro atoms. The molecule has 3 fully saturated rings. The van der Waals surface area contributed by atoms with Crippen molar-refractivity contribution in [1.29, 1.82) is 0 Å². The summed E-state index contributed by atoms with van der Waals surface area (Å²) in [4.78, 5) is 36.8. The van der Waals surface area contributed by atoms with Crippen LogP contribution in [0.25, 0.3) is 0 Å². The Morgan fingerprint density at radius 2 is 1.96 bits per heavy atom.